The van der Waals surface area contributed by atoms with E-state index in [1.165, 1.54) is 8.61 Å². The van der Waals surface area contributed by atoms with Crippen LogP contribution in [0.25, 0.3) is 0 Å². The van der Waals surface area contributed by atoms with E-state index in [9.17, 15) is 13.2 Å². The molecule has 1 rings (SSSR count). The van der Waals surface area contributed by atoms with Crippen LogP contribution >= 0.6 is 0 Å². The fraction of sp³-hybridized carbons (Fsp3) is 0.833. The van der Waals surface area contributed by atoms with Gasteiger partial charge >= 0.3 is 5.97 Å². The standard InChI is InChI=1S/C12H21N3O4S/c1-4-14(8-10(2)7-13)20(18,19)15-6-5-12(3,9-15)11(16)17/h10H,4-6,8-9H2,1-3H3,(H,16,17). The normalized spacial score (nSPS) is 25.6. The van der Waals surface area contributed by atoms with Crippen LogP contribution in [0, 0.1) is 22.7 Å². The number of carboxylic acid groups (broad SMARTS) is 1. The summed E-state index contributed by atoms with van der Waals surface area (Å²) in [5, 5.41) is 18.0. The maximum absolute atomic E-state index is 12.5. The quantitative estimate of drug-likeness (QED) is 0.770. The van der Waals surface area contributed by atoms with E-state index in [1.54, 1.807) is 20.8 Å². The lowest BCUT2D eigenvalue weighted by molar-refractivity contribution is -0.146. The van der Waals surface area contributed by atoms with E-state index in [1.807, 2.05) is 6.07 Å². The van der Waals surface area contributed by atoms with Crippen molar-refractivity contribution in [2.45, 2.75) is 27.2 Å². The zero-order valence-corrected chi connectivity index (χ0v) is 12.9. The monoisotopic (exact) mass is 303 g/mol. The van der Waals surface area contributed by atoms with Crippen LogP contribution in [0.4, 0.5) is 0 Å². The van der Waals surface area contributed by atoms with Crippen LogP contribution in [-0.4, -0.2) is 54.3 Å². The molecule has 1 N–H and O–H groups in total. The highest BCUT2D eigenvalue weighted by Crippen LogP contribution is 2.32. The summed E-state index contributed by atoms with van der Waals surface area (Å²) in [6.07, 6.45) is 0.299. The molecule has 0 aromatic rings. The van der Waals surface area contributed by atoms with Crippen molar-refractivity contribution in [3.63, 3.8) is 0 Å². The molecule has 1 aliphatic heterocycles. The number of carboxylic acids is 1. The molecule has 20 heavy (non-hydrogen) atoms. The Labute approximate surface area is 120 Å². The molecule has 0 spiro atoms. The largest absolute Gasteiger partial charge is 0.481 e. The van der Waals surface area contributed by atoms with Crippen molar-refractivity contribution in [3.05, 3.63) is 0 Å². The Hall–Kier alpha value is -1.17. The average molecular weight is 303 g/mol. The van der Waals surface area contributed by atoms with Gasteiger partial charge in [0.2, 0.25) is 0 Å². The van der Waals surface area contributed by atoms with Crippen LogP contribution in [0.5, 0.6) is 0 Å². The lowest BCUT2D eigenvalue weighted by Crippen LogP contribution is -2.45. The first kappa shape index (κ1) is 16.9. The zero-order valence-electron chi connectivity index (χ0n) is 12.0. The number of hydrogen-bond donors (Lipinski definition) is 1. The Morgan fingerprint density at radius 2 is 2.20 bits per heavy atom. The molecule has 2 atom stereocenters. The number of nitrogens with zero attached hydrogens (tertiary/aromatic N) is 3. The van der Waals surface area contributed by atoms with E-state index in [2.05, 4.69) is 0 Å². The first-order valence-corrected chi connectivity index (χ1v) is 7.95. The highest BCUT2D eigenvalue weighted by molar-refractivity contribution is 7.86. The number of rotatable bonds is 6. The van der Waals surface area contributed by atoms with Crippen molar-refractivity contribution in [1.82, 2.24) is 8.61 Å². The van der Waals surface area contributed by atoms with Gasteiger partial charge in [0.05, 0.1) is 17.4 Å². The van der Waals surface area contributed by atoms with Gasteiger partial charge in [0.1, 0.15) is 0 Å². The summed E-state index contributed by atoms with van der Waals surface area (Å²) in [5.74, 6) is -1.39. The highest BCUT2D eigenvalue weighted by Gasteiger charge is 2.45. The van der Waals surface area contributed by atoms with Gasteiger partial charge in [-0.25, -0.2) is 0 Å². The van der Waals surface area contributed by atoms with E-state index >= 15 is 0 Å². The van der Waals surface area contributed by atoms with Gasteiger partial charge in [0.25, 0.3) is 10.2 Å². The molecular formula is C12H21N3O4S. The molecule has 1 saturated heterocycles. The molecule has 0 saturated carbocycles. The number of carbonyl (C=O) groups is 1. The summed E-state index contributed by atoms with van der Waals surface area (Å²) in [5.41, 5.74) is -1.03. The molecule has 0 aromatic carbocycles. The van der Waals surface area contributed by atoms with Crippen LogP contribution in [0.2, 0.25) is 0 Å². The smallest absolute Gasteiger partial charge is 0.310 e. The predicted octanol–water partition coefficient (Wildman–Crippen LogP) is 0.509. The van der Waals surface area contributed by atoms with E-state index < -0.39 is 27.5 Å². The topological polar surface area (TPSA) is 102 Å². The number of aliphatic carboxylic acids is 1. The third kappa shape index (κ3) is 3.29. The van der Waals surface area contributed by atoms with Gasteiger partial charge in [-0.2, -0.15) is 22.3 Å². The molecule has 0 aliphatic carbocycles. The molecular weight excluding hydrogens is 282 g/mol. The summed E-state index contributed by atoms with van der Waals surface area (Å²) in [6.45, 7) is 5.46. The van der Waals surface area contributed by atoms with Gasteiger partial charge in [-0.05, 0) is 20.3 Å². The average Bonchev–Trinajstić information content (AvgIpc) is 2.80. The zero-order chi connectivity index (χ0) is 15.6. The Morgan fingerprint density at radius 1 is 1.60 bits per heavy atom. The maximum atomic E-state index is 12.5. The molecule has 1 fully saturated rings. The fourth-order valence-electron chi connectivity index (χ4n) is 2.19. The molecule has 0 amide bonds. The molecule has 0 radical (unpaired) electrons. The molecule has 7 nitrogen and oxygen atoms in total. The second kappa shape index (κ2) is 6.08. The predicted molar refractivity (Wildman–Crippen MR) is 72.9 cm³/mol. The Morgan fingerprint density at radius 3 is 2.60 bits per heavy atom. The van der Waals surface area contributed by atoms with Crippen LogP contribution in [-0.2, 0) is 15.0 Å². The second-order valence-electron chi connectivity index (χ2n) is 5.44. The van der Waals surface area contributed by atoms with Crippen LogP contribution in [0.1, 0.15) is 27.2 Å². The van der Waals surface area contributed by atoms with E-state index in [4.69, 9.17) is 10.4 Å². The van der Waals surface area contributed by atoms with Gasteiger partial charge in [-0.15, -0.1) is 0 Å². The maximum Gasteiger partial charge on any atom is 0.310 e. The molecule has 0 bridgehead atoms. The first-order chi connectivity index (χ1) is 9.17. The van der Waals surface area contributed by atoms with Crippen molar-refractivity contribution in [3.8, 4) is 6.07 Å². The molecule has 1 heterocycles. The first-order valence-electron chi connectivity index (χ1n) is 6.55. The summed E-state index contributed by atoms with van der Waals surface area (Å²) >= 11 is 0. The number of nitriles is 1. The Kier molecular flexibility index (Phi) is 5.13. The van der Waals surface area contributed by atoms with Crippen molar-refractivity contribution < 1.29 is 18.3 Å². The second-order valence-corrected chi connectivity index (χ2v) is 7.37. The minimum Gasteiger partial charge on any atom is -0.481 e. The third-order valence-electron chi connectivity index (χ3n) is 3.66. The van der Waals surface area contributed by atoms with E-state index in [0.29, 0.717) is 6.42 Å². The molecule has 2 unspecified atom stereocenters. The van der Waals surface area contributed by atoms with Crippen molar-refractivity contribution in [1.29, 1.82) is 5.26 Å². The van der Waals surface area contributed by atoms with Crippen molar-refractivity contribution >= 4 is 16.2 Å². The molecule has 8 heteroatoms. The number of hydrogen-bond acceptors (Lipinski definition) is 4. The van der Waals surface area contributed by atoms with E-state index in [-0.39, 0.29) is 26.2 Å². The molecule has 0 aromatic heterocycles. The Bertz CT molecular complexity index is 513. The Balaban J connectivity index is 2.89. The summed E-state index contributed by atoms with van der Waals surface area (Å²) in [4.78, 5) is 11.2. The van der Waals surface area contributed by atoms with Crippen molar-refractivity contribution in [2.75, 3.05) is 26.2 Å². The van der Waals surface area contributed by atoms with Gasteiger partial charge in [0, 0.05) is 26.2 Å². The molecule has 1 aliphatic rings. The van der Waals surface area contributed by atoms with Crippen LogP contribution in [0.3, 0.4) is 0 Å². The summed E-state index contributed by atoms with van der Waals surface area (Å²) < 4.78 is 27.4. The van der Waals surface area contributed by atoms with Gasteiger partial charge in [0.15, 0.2) is 0 Å². The minimum absolute atomic E-state index is 0.0257. The molecule has 114 valence electrons. The fourth-order valence-corrected chi connectivity index (χ4v) is 4.02. The summed E-state index contributed by atoms with van der Waals surface area (Å²) in [7, 11) is -3.71. The van der Waals surface area contributed by atoms with Gasteiger partial charge < -0.3 is 5.11 Å². The van der Waals surface area contributed by atoms with E-state index in [0.717, 1.165) is 0 Å². The lowest BCUT2D eigenvalue weighted by Gasteiger charge is -2.27. The van der Waals surface area contributed by atoms with Gasteiger partial charge in [-0.3, -0.25) is 4.79 Å². The van der Waals surface area contributed by atoms with Gasteiger partial charge in [-0.1, -0.05) is 6.92 Å². The minimum atomic E-state index is -3.71. The summed E-state index contributed by atoms with van der Waals surface area (Å²) in [6, 6.07) is 2.01. The lowest BCUT2D eigenvalue weighted by atomic mass is 9.90. The third-order valence-corrected chi connectivity index (χ3v) is 5.68. The SMILES string of the molecule is CCN(CC(C)C#N)S(=O)(=O)N1CCC(C)(C(=O)O)C1. The van der Waals surface area contributed by atoms with Crippen LogP contribution < -0.4 is 0 Å². The van der Waals surface area contributed by atoms with Crippen LogP contribution in [0.15, 0.2) is 0 Å². The van der Waals surface area contributed by atoms with Crippen molar-refractivity contribution in [2.24, 2.45) is 11.3 Å². The highest BCUT2D eigenvalue weighted by atomic mass is 32.2.